The van der Waals surface area contributed by atoms with Crippen LogP contribution >= 0.6 is 0 Å². The number of para-hydroxylation sites is 1. The minimum Gasteiger partial charge on any atom is -0.350 e. The minimum atomic E-state index is 0.163. The lowest BCUT2D eigenvalue weighted by molar-refractivity contribution is 0.189. The Labute approximate surface area is 177 Å². The van der Waals surface area contributed by atoms with E-state index in [4.69, 9.17) is 0 Å². The van der Waals surface area contributed by atoms with Crippen LogP contribution in [0.1, 0.15) is 36.1 Å². The van der Waals surface area contributed by atoms with Crippen molar-refractivity contribution in [3.8, 4) is 0 Å². The Morgan fingerprint density at radius 2 is 2.13 bits per heavy atom. The molecule has 30 heavy (non-hydrogen) atoms. The number of pyridine rings is 2. The second-order valence-corrected chi connectivity index (χ2v) is 9.18. The molecule has 2 aliphatic rings. The summed E-state index contributed by atoms with van der Waals surface area (Å²) in [4.78, 5) is 20.2. The standard InChI is InChI=1S/C25H30N4O/c1-18-12-19(8-11-27-18)14-29(23-13-25(23)9-5-10-26-17-25)16-20-15-28(2)22-7-4-3-6-21(22)24(20)30/h3-4,6-8,11-12,15,23,26H,5,9-10,13-14,16-17H2,1-2H3. The maximum absolute atomic E-state index is 13.3. The maximum Gasteiger partial charge on any atom is 0.193 e. The third-order valence-corrected chi connectivity index (χ3v) is 6.98. The highest BCUT2D eigenvalue weighted by Crippen LogP contribution is 2.54. The lowest BCUT2D eigenvalue weighted by atomic mass is 9.95. The fraction of sp³-hybridized carbons (Fsp3) is 0.440. The summed E-state index contributed by atoms with van der Waals surface area (Å²) in [5, 5.41) is 4.41. The lowest BCUT2D eigenvalue weighted by Crippen LogP contribution is -2.38. The number of rotatable bonds is 5. The first-order valence-electron chi connectivity index (χ1n) is 11.0. The van der Waals surface area contributed by atoms with Gasteiger partial charge in [0.25, 0.3) is 0 Å². The molecule has 0 radical (unpaired) electrons. The molecule has 2 unspecified atom stereocenters. The molecule has 0 amide bonds. The largest absolute Gasteiger partial charge is 0.350 e. The van der Waals surface area contributed by atoms with Gasteiger partial charge in [-0.2, -0.15) is 0 Å². The monoisotopic (exact) mass is 402 g/mol. The van der Waals surface area contributed by atoms with E-state index < -0.39 is 0 Å². The van der Waals surface area contributed by atoms with Crippen LogP contribution in [0.2, 0.25) is 0 Å². The van der Waals surface area contributed by atoms with Gasteiger partial charge in [-0.15, -0.1) is 0 Å². The predicted octanol–water partition coefficient (Wildman–Crippen LogP) is 3.39. The van der Waals surface area contributed by atoms with Crippen LogP contribution in [0.3, 0.4) is 0 Å². The van der Waals surface area contributed by atoms with Gasteiger partial charge in [-0.1, -0.05) is 12.1 Å². The Morgan fingerprint density at radius 1 is 1.27 bits per heavy atom. The molecule has 2 fully saturated rings. The van der Waals surface area contributed by atoms with E-state index in [1.165, 1.54) is 24.8 Å². The lowest BCUT2D eigenvalue weighted by Gasteiger charge is -2.30. The highest BCUT2D eigenvalue weighted by Gasteiger charge is 2.56. The Hall–Kier alpha value is -2.50. The quantitative estimate of drug-likeness (QED) is 0.711. The summed E-state index contributed by atoms with van der Waals surface area (Å²) < 4.78 is 2.09. The zero-order valence-corrected chi connectivity index (χ0v) is 17.9. The van der Waals surface area contributed by atoms with Crippen molar-refractivity contribution in [2.45, 2.75) is 45.3 Å². The number of benzene rings is 1. The predicted molar refractivity (Wildman–Crippen MR) is 120 cm³/mol. The number of piperidine rings is 1. The number of nitrogens with zero attached hydrogens (tertiary/aromatic N) is 3. The third kappa shape index (κ3) is 3.57. The average Bonchev–Trinajstić information content (AvgIpc) is 3.44. The third-order valence-electron chi connectivity index (χ3n) is 6.98. The van der Waals surface area contributed by atoms with Crippen LogP contribution in [0, 0.1) is 12.3 Å². The highest BCUT2D eigenvalue weighted by molar-refractivity contribution is 5.79. The summed E-state index contributed by atoms with van der Waals surface area (Å²) in [7, 11) is 2.03. The van der Waals surface area contributed by atoms with Gasteiger partial charge in [-0.3, -0.25) is 14.7 Å². The number of fused-ring (bicyclic) bond motifs is 1. The van der Waals surface area contributed by atoms with Gasteiger partial charge in [0, 0.05) is 61.8 Å². The van der Waals surface area contributed by atoms with Crippen LogP contribution in [0.5, 0.6) is 0 Å². The molecule has 1 N–H and O–H groups in total. The highest BCUT2D eigenvalue weighted by atomic mass is 16.1. The molecule has 5 rings (SSSR count). The summed E-state index contributed by atoms with van der Waals surface area (Å²) in [6.45, 7) is 5.80. The van der Waals surface area contributed by atoms with Gasteiger partial charge in [-0.25, -0.2) is 0 Å². The molecule has 1 aliphatic heterocycles. The first-order valence-corrected chi connectivity index (χ1v) is 11.0. The summed E-state index contributed by atoms with van der Waals surface area (Å²) >= 11 is 0. The maximum atomic E-state index is 13.3. The smallest absolute Gasteiger partial charge is 0.193 e. The molecule has 1 spiro atoms. The number of aryl methyl sites for hydroxylation is 2. The van der Waals surface area contributed by atoms with Crippen molar-refractivity contribution < 1.29 is 0 Å². The van der Waals surface area contributed by atoms with Gasteiger partial charge < -0.3 is 9.88 Å². The summed E-state index contributed by atoms with van der Waals surface area (Å²) in [6, 6.07) is 12.7. The van der Waals surface area contributed by atoms with Crippen LogP contribution < -0.4 is 10.7 Å². The van der Waals surface area contributed by atoms with Gasteiger partial charge in [-0.05, 0) is 68.0 Å². The van der Waals surface area contributed by atoms with E-state index in [0.717, 1.165) is 41.8 Å². The van der Waals surface area contributed by atoms with E-state index in [2.05, 4.69) is 31.9 Å². The van der Waals surface area contributed by atoms with Gasteiger partial charge in [0.15, 0.2) is 5.43 Å². The molecule has 156 valence electrons. The minimum absolute atomic E-state index is 0.163. The molecular weight excluding hydrogens is 372 g/mol. The number of hydrogen-bond donors (Lipinski definition) is 1. The zero-order chi connectivity index (χ0) is 20.7. The van der Waals surface area contributed by atoms with Gasteiger partial charge in [0.05, 0.1) is 5.52 Å². The summed E-state index contributed by atoms with van der Waals surface area (Å²) in [6.07, 6.45) is 7.67. The van der Waals surface area contributed by atoms with Crippen LogP contribution in [0.25, 0.3) is 10.9 Å². The molecule has 2 aromatic heterocycles. The second kappa shape index (κ2) is 7.64. The fourth-order valence-electron chi connectivity index (χ4n) is 5.35. The van der Waals surface area contributed by atoms with E-state index >= 15 is 0 Å². The SMILES string of the molecule is Cc1cc(CN(Cc2cn(C)c3ccccc3c2=O)C2CC23CCCNC3)ccn1. The Balaban J connectivity index is 1.49. The molecule has 3 heterocycles. The molecule has 0 bridgehead atoms. The van der Waals surface area contributed by atoms with Gasteiger partial charge in [0.2, 0.25) is 0 Å². The van der Waals surface area contributed by atoms with Crippen molar-refractivity contribution in [1.29, 1.82) is 0 Å². The molecular formula is C25H30N4O. The summed E-state index contributed by atoms with van der Waals surface area (Å²) in [5.41, 5.74) is 4.72. The Kier molecular flexibility index (Phi) is 4.95. The van der Waals surface area contributed by atoms with E-state index in [1.54, 1.807) is 0 Å². The van der Waals surface area contributed by atoms with E-state index in [-0.39, 0.29) is 5.43 Å². The molecule has 1 saturated carbocycles. The molecule has 1 aliphatic carbocycles. The molecule has 5 heteroatoms. The van der Waals surface area contributed by atoms with Crippen LogP contribution in [-0.2, 0) is 20.1 Å². The molecule has 1 aromatic carbocycles. The van der Waals surface area contributed by atoms with Crippen LogP contribution in [-0.4, -0.2) is 33.6 Å². The number of aromatic nitrogens is 2. The normalized spacial score (nSPS) is 23.4. The van der Waals surface area contributed by atoms with Crippen molar-refractivity contribution in [3.63, 3.8) is 0 Å². The fourth-order valence-corrected chi connectivity index (χ4v) is 5.35. The first kappa shape index (κ1) is 19.5. The van der Waals surface area contributed by atoms with Gasteiger partial charge in [0.1, 0.15) is 0 Å². The average molecular weight is 403 g/mol. The van der Waals surface area contributed by atoms with Crippen molar-refractivity contribution in [2.24, 2.45) is 12.5 Å². The summed E-state index contributed by atoms with van der Waals surface area (Å²) in [5.74, 6) is 0. The first-order chi connectivity index (χ1) is 14.6. The number of hydrogen-bond acceptors (Lipinski definition) is 4. The molecule has 3 aromatic rings. The number of nitrogens with one attached hydrogen (secondary N) is 1. The molecule has 5 nitrogen and oxygen atoms in total. The van der Waals surface area contributed by atoms with Gasteiger partial charge >= 0.3 is 0 Å². The van der Waals surface area contributed by atoms with E-state index in [9.17, 15) is 4.79 Å². The van der Waals surface area contributed by atoms with E-state index in [1.807, 2.05) is 50.6 Å². The Bertz CT molecular complexity index is 1130. The van der Waals surface area contributed by atoms with Crippen molar-refractivity contribution in [1.82, 2.24) is 19.8 Å². The van der Waals surface area contributed by atoms with E-state index in [0.29, 0.717) is 18.0 Å². The van der Waals surface area contributed by atoms with Crippen molar-refractivity contribution >= 4 is 10.9 Å². The second-order valence-electron chi connectivity index (χ2n) is 9.18. The molecule has 2 atom stereocenters. The van der Waals surface area contributed by atoms with Crippen molar-refractivity contribution in [2.75, 3.05) is 13.1 Å². The zero-order valence-electron chi connectivity index (χ0n) is 17.9. The van der Waals surface area contributed by atoms with Crippen LogP contribution in [0.4, 0.5) is 0 Å². The topological polar surface area (TPSA) is 50.2 Å². The molecule has 1 saturated heterocycles. The Morgan fingerprint density at radius 3 is 2.93 bits per heavy atom. The van der Waals surface area contributed by atoms with Crippen molar-refractivity contribution in [3.05, 3.63) is 75.8 Å². The van der Waals surface area contributed by atoms with Crippen LogP contribution in [0.15, 0.2) is 53.6 Å².